The number of halogens is 2. The summed E-state index contributed by atoms with van der Waals surface area (Å²) in [4.78, 5) is 47.7. The quantitative estimate of drug-likeness (QED) is 0.463. The Balaban J connectivity index is 1.23. The molecule has 7 rings (SSSR count). The number of carbonyl (C=O) groups excluding carboxylic acids is 3. The largest absolute Gasteiger partial charge is 0.490 e. The minimum atomic E-state index is -2.79. The molecule has 0 unspecified atom stereocenters. The van der Waals surface area contributed by atoms with Crippen molar-refractivity contribution in [2.75, 3.05) is 45.9 Å². The van der Waals surface area contributed by atoms with Crippen LogP contribution in [-0.2, 0) is 23.1 Å². The number of fused-ring (bicyclic) bond motifs is 11. The Morgan fingerprint density at radius 2 is 2.02 bits per heavy atom. The van der Waals surface area contributed by atoms with E-state index in [4.69, 9.17) is 9.47 Å². The maximum atomic E-state index is 13.6. The zero-order chi connectivity index (χ0) is 31.7. The van der Waals surface area contributed by atoms with Crippen molar-refractivity contribution in [2.24, 2.45) is 12.5 Å². The van der Waals surface area contributed by atoms with E-state index in [1.165, 1.54) is 23.1 Å². The maximum absolute atomic E-state index is 13.6. The summed E-state index contributed by atoms with van der Waals surface area (Å²) in [6, 6.07) is 6.79. The zero-order valence-electron chi connectivity index (χ0n) is 25.3. The lowest BCUT2D eigenvalue weighted by Crippen LogP contribution is -2.48. The van der Waals surface area contributed by atoms with Crippen LogP contribution >= 0.6 is 11.3 Å². The third-order valence-corrected chi connectivity index (χ3v) is 9.64. The fraction of sp³-hybridized carbons (Fsp3) is 0.516. The molecule has 4 aliphatic heterocycles. The number of para-hydroxylation sites is 1. The van der Waals surface area contributed by atoms with E-state index in [1.807, 2.05) is 30.5 Å². The Bertz CT molecular complexity index is 1590. The molecule has 4 bridgehead atoms. The molecule has 11 nitrogen and oxygen atoms in total. The zero-order valence-corrected chi connectivity index (χ0v) is 26.1. The molecule has 3 amide bonds. The molecule has 240 valence electrons. The van der Waals surface area contributed by atoms with Gasteiger partial charge in [-0.15, -0.1) is 11.3 Å². The van der Waals surface area contributed by atoms with Crippen LogP contribution in [0.2, 0.25) is 0 Å². The van der Waals surface area contributed by atoms with Gasteiger partial charge in [0.05, 0.1) is 30.3 Å². The number of amides is 3. The highest BCUT2D eigenvalue weighted by atomic mass is 32.1. The molecule has 3 aromatic rings. The van der Waals surface area contributed by atoms with Crippen LogP contribution in [0.4, 0.5) is 8.78 Å². The smallest absolute Gasteiger partial charge is 0.282 e. The Labute approximate surface area is 263 Å². The first kappa shape index (κ1) is 30.9. The predicted molar refractivity (Wildman–Crippen MR) is 161 cm³/mol. The van der Waals surface area contributed by atoms with Crippen molar-refractivity contribution in [3.63, 3.8) is 0 Å². The Hall–Kier alpha value is -4.07. The molecule has 14 heteroatoms. The molecule has 1 fully saturated rings. The second kappa shape index (κ2) is 12.7. The van der Waals surface area contributed by atoms with Crippen LogP contribution in [0.5, 0.6) is 11.5 Å². The standard InChI is InChI=1S/C31H36F2N6O5S/c1-19-35-20(15-45-19)12-27(41)38-9-4-8-26(40)34-16-31-17-39(30(42)24-13-23(29(32)33)36-37(24)2)14-22(31)21-6-3-7-25(28(21)44-18-31)43-11-5-10-38/h3,6-7,13,15,22,29H,4-5,8-12,14,16-18H2,1-2H3,(H,34,40)/t22-,31+/m0/s1. The van der Waals surface area contributed by atoms with E-state index < -0.39 is 23.4 Å². The van der Waals surface area contributed by atoms with Crippen LogP contribution in [-0.4, -0.2) is 88.2 Å². The molecular weight excluding hydrogens is 606 g/mol. The van der Waals surface area contributed by atoms with Gasteiger partial charge in [-0.1, -0.05) is 12.1 Å². The van der Waals surface area contributed by atoms with Crippen LogP contribution in [0.15, 0.2) is 29.6 Å². The van der Waals surface area contributed by atoms with E-state index in [2.05, 4.69) is 15.4 Å². The van der Waals surface area contributed by atoms with Gasteiger partial charge < -0.3 is 24.6 Å². The fourth-order valence-electron chi connectivity index (χ4n) is 6.53. The van der Waals surface area contributed by atoms with Gasteiger partial charge in [0.2, 0.25) is 11.8 Å². The number of alkyl halides is 2. The second-order valence-electron chi connectivity index (χ2n) is 11.9. The summed E-state index contributed by atoms with van der Waals surface area (Å²) < 4.78 is 40.3. The summed E-state index contributed by atoms with van der Waals surface area (Å²) in [5.41, 5.74) is 0.580. The first-order valence-electron chi connectivity index (χ1n) is 15.1. The minimum Gasteiger partial charge on any atom is -0.490 e. The molecule has 1 aromatic carbocycles. The van der Waals surface area contributed by atoms with Crippen LogP contribution in [0.3, 0.4) is 0 Å². The fourth-order valence-corrected chi connectivity index (χ4v) is 7.14. The SMILES string of the molecule is Cc1nc(CC(=O)N2CCCOc3cccc4c3OC[C@@]3(CNC(=O)CCC2)CN(C(=O)c2cc(C(F)F)nn2C)C[C@@H]43)cs1. The lowest BCUT2D eigenvalue weighted by Gasteiger charge is -2.40. The van der Waals surface area contributed by atoms with Gasteiger partial charge in [-0.25, -0.2) is 13.8 Å². The third-order valence-electron chi connectivity index (χ3n) is 8.82. The summed E-state index contributed by atoms with van der Waals surface area (Å²) in [6.07, 6.45) is -1.28. The molecule has 1 N–H and O–H groups in total. The topological polar surface area (TPSA) is 119 Å². The number of rotatable bonds is 4. The molecule has 0 saturated carbocycles. The summed E-state index contributed by atoms with van der Waals surface area (Å²) in [6.45, 7) is 4.24. The van der Waals surface area contributed by atoms with Gasteiger partial charge >= 0.3 is 0 Å². The number of nitrogens with one attached hydrogen (secondary N) is 1. The van der Waals surface area contributed by atoms with Gasteiger partial charge in [-0.3, -0.25) is 19.1 Å². The number of ether oxygens (including phenoxy) is 2. The lowest BCUT2D eigenvalue weighted by atomic mass is 9.73. The van der Waals surface area contributed by atoms with Gasteiger partial charge in [0, 0.05) is 68.5 Å². The average molecular weight is 643 g/mol. The van der Waals surface area contributed by atoms with Gasteiger partial charge in [0.1, 0.15) is 11.4 Å². The van der Waals surface area contributed by atoms with Gasteiger partial charge in [0.15, 0.2) is 11.5 Å². The van der Waals surface area contributed by atoms with Gasteiger partial charge in [0.25, 0.3) is 12.3 Å². The maximum Gasteiger partial charge on any atom is 0.282 e. The number of benzene rings is 1. The third kappa shape index (κ3) is 6.37. The number of aromatic nitrogens is 3. The van der Waals surface area contributed by atoms with Crippen molar-refractivity contribution >= 4 is 29.1 Å². The highest BCUT2D eigenvalue weighted by Crippen LogP contribution is 2.52. The van der Waals surface area contributed by atoms with Crippen molar-refractivity contribution in [2.45, 2.75) is 45.0 Å². The minimum absolute atomic E-state index is 0.0411. The van der Waals surface area contributed by atoms with E-state index in [0.29, 0.717) is 50.6 Å². The molecule has 2 atom stereocenters. The first-order chi connectivity index (χ1) is 21.6. The number of hydrogen-bond donors (Lipinski definition) is 1. The number of hydrogen-bond acceptors (Lipinski definition) is 8. The van der Waals surface area contributed by atoms with Crippen molar-refractivity contribution in [3.8, 4) is 11.5 Å². The molecule has 2 aromatic heterocycles. The highest BCUT2D eigenvalue weighted by Gasteiger charge is 2.53. The van der Waals surface area contributed by atoms with Crippen molar-refractivity contribution in [3.05, 3.63) is 57.3 Å². The summed E-state index contributed by atoms with van der Waals surface area (Å²) in [7, 11) is 1.47. The molecule has 1 saturated heterocycles. The molecule has 45 heavy (non-hydrogen) atoms. The normalized spacial score (nSPS) is 22.2. The Morgan fingerprint density at radius 3 is 2.78 bits per heavy atom. The van der Waals surface area contributed by atoms with Crippen molar-refractivity contribution in [1.82, 2.24) is 29.9 Å². The molecule has 6 heterocycles. The van der Waals surface area contributed by atoms with E-state index in [-0.39, 0.29) is 56.0 Å². The van der Waals surface area contributed by atoms with Crippen LogP contribution < -0.4 is 14.8 Å². The molecule has 4 aliphatic rings. The molecular formula is C31H36F2N6O5S. The van der Waals surface area contributed by atoms with Crippen molar-refractivity contribution < 1.29 is 32.6 Å². The summed E-state index contributed by atoms with van der Waals surface area (Å²) in [5, 5.41) is 9.68. The average Bonchev–Trinajstić information content (AvgIpc) is 3.73. The van der Waals surface area contributed by atoms with E-state index >= 15 is 0 Å². The number of carbonyl (C=O) groups is 3. The van der Waals surface area contributed by atoms with Crippen LogP contribution in [0.1, 0.15) is 64.1 Å². The summed E-state index contributed by atoms with van der Waals surface area (Å²) >= 11 is 1.51. The predicted octanol–water partition coefficient (Wildman–Crippen LogP) is 3.49. The Morgan fingerprint density at radius 1 is 1.20 bits per heavy atom. The van der Waals surface area contributed by atoms with Gasteiger partial charge in [-0.05, 0) is 31.9 Å². The number of thiazole rings is 1. The lowest BCUT2D eigenvalue weighted by molar-refractivity contribution is -0.131. The van der Waals surface area contributed by atoms with Crippen LogP contribution in [0.25, 0.3) is 0 Å². The monoisotopic (exact) mass is 642 g/mol. The van der Waals surface area contributed by atoms with E-state index in [9.17, 15) is 23.2 Å². The molecule has 1 spiro atoms. The van der Waals surface area contributed by atoms with E-state index in [0.717, 1.165) is 22.3 Å². The Kier molecular flexibility index (Phi) is 8.76. The van der Waals surface area contributed by atoms with E-state index in [1.54, 1.807) is 9.80 Å². The first-order valence-corrected chi connectivity index (χ1v) is 16.0. The van der Waals surface area contributed by atoms with Gasteiger partial charge in [-0.2, -0.15) is 5.10 Å². The molecule has 0 radical (unpaired) electrons. The number of aryl methyl sites for hydroxylation is 2. The summed E-state index contributed by atoms with van der Waals surface area (Å²) in [5.74, 6) is 0.380. The second-order valence-corrected chi connectivity index (χ2v) is 13.0. The van der Waals surface area contributed by atoms with Crippen molar-refractivity contribution in [1.29, 1.82) is 0 Å². The highest BCUT2D eigenvalue weighted by molar-refractivity contribution is 7.09. The molecule has 0 aliphatic carbocycles. The number of nitrogens with zero attached hydrogens (tertiary/aromatic N) is 5. The number of likely N-dealkylation sites (tertiary alicyclic amines) is 1. The van der Waals surface area contributed by atoms with Crippen LogP contribution in [0, 0.1) is 12.3 Å².